The van der Waals surface area contributed by atoms with Crippen LogP contribution in [0.3, 0.4) is 0 Å². The Morgan fingerprint density at radius 2 is 1.97 bits per heavy atom. The lowest BCUT2D eigenvalue weighted by atomic mass is 10.2. The molecule has 31 heavy (non-hydrogen) atoms. The van der Waals surface area contributed by atoms with E-state index in [0.717, 1.165) is 22.9 Å². The average molecular weight is 455 g/mol. The molecule has 0 atom stereocenters. The van der Waals surface area contributed by atoms with E-state index in [1.807, 2.05) is 19.9 Å². The number of anilines is 1. The van der Waals surface area contributed by atoms with E-state index in [0.29, 0.717) is 32.8 Å². The van der Waals surface area contributed by atoms with Gasteiger partial charge < -0.3 is 5.32 Å². The second kappa shape index (κ2) is 8.60. The van der Waals surface area contributed by atoms with Gasteiger partial charge in [0.25, 0.3) is 11.5 Å². The summed E-state index contributed by atoms with van der Waals surface area (Å²) >= 11 is 6.52. The quantitative estimate of drug-likeness (QED) is 0.465. The highest BCUT2D eigenvalue weighted by Crippen LogP contribution is 2.34. The third kappa shape index (κ3) is 4.11. The molecule has 4 rings (SSSR count). The first kappa shape index (κ1) is 21.2. The Balaban J connectivity index is 1.74. The zero-order valence-corrected chi connectivity index (χ0v) is 18.5. The lowest BCUT2D eigenvalue weighted by Crippen LogP contribution is -2.27. The number of carbonyl (C=O) groups is 1. The monoisotopic (exact) mass is 454 g/mol. The molecule has 0 bridgehead atoms. The summed E-state index contributed by atoms with van der Waals surface area (Å²) in [6.07, 6.45) is 3.20. The average Bonchev–Trinajstić information content (AvgIpc) is 3.00. The van der Waals surface area contributed by atoms with Crippen LogP contribution in [0.4, 0.5) is 10.2 Å². The van der Waals surface area contributed by atoms with Gasteiger partial charge in [0.05, 0.1) is 17.0 Å². The van der Waals surface area contributed by atoms with Crippen molar-refractivity contribution in [3.05, 3.63) is 80.4 Å². The van der Waals surface area contributed by atoms with Crippen molar-refractivity contribution in [2.75, 3.05) is 11.9 Å². The number of halogens is 1. The number of thioether (sulfide) groups is 1. The first-order valence-corrected chi connectivity index (χ1v) is 10.9. The van der Waals surface area contributed by atoms with Crippen molar-refractivity contribution in [3.63, 3.8) is 0 Å². The molecule has 1 aliphatic heterocycles. The fourth-order valence-corrected chi connectivity index (χ4v) is 4.52. The molecule has 158 valence electrons. The molecule has 1 amide bonds. The van der Waals surface area contributed by atoms with Crippen LogP contribution in [0.25, 0.3) is 11.7 Å². The molecule has 1 saturated heterocycles. The minimum Gasteiger partial charge on any atom is -0.370 e. The van der Waals surface area contributed by atoms with E-state index in [9.17, 15) is 14.0 Å². The molecule has 3 heterocycles. The smallest absolute Gasteiger partial charge is 0.267 e. The molecule has 6 nitrogen and oxygen atoms in total. The van der Waals surface area contributed by atoms with Crippen LogP contribution in [0.15, 0.2) is 52.3 Å². The third-order valence-electron chi connectivity index (χ3n) is 4.83. The molecule has 1 N–H and O–H groups in total. The number of aromatic nitrogens is 2. The lowest BCUT2D eigenvalue weighted by molar-refractivity contribution is -0.122. The maximum atomic E-state index is 13.2. The second-order valence-corrected chi connectivity index (χ2v) is 8.66. The van der Waals surface area contributed by atoms with Crippen molar-refractivity contribution in [2.24, 2.45) is 0 Å². The van der Waals surface area contributed by atoms with Gasteiger partial charge in [0.2, 0.25) is 0 Å². The van der Waals surface area contributed by atoms with Gasteiger partial charge in [-0.2, -0.15) is 0 Å². The van der Waals surface area contributed by atoms with Gasteiger partial charge in [-0.05, 0) is 49.2 Å². The number of thiocarbonyl (C=S) groups is 1. The first-order valence-electron chi connectivity index (χ1n) is 9.64. The van der Waals surface area contributed by atoms with Crippen LogP contribution in [0.1, 0.15) is 23.6 Å². The van der Waals surface area contributed by atoms with Crippen LogP contribution in [0, 0.1) is 12.7 Å². The van der Waals surface area contributed by atoms with Crippen LogP contribution in [-0.2, 0) is 11.3 Å². The van der Waals surface area contributed by atoms with Crippen LogP contribution < -0.4 is 10.9 Å². The highest BCUT2D eigenvalue weighted by molar-refractivity contribution is 8.26. The fourth-order valence-electron chi connectivity index (χ4n) is 3.28. The van der Waals surface area contributed by atoms with Crippen molar-refractivity contribution in [1.82, 2.24) is 14.3 Å². The molecule has 9 heteroatoms. The van der Waals surface area contributed by atoms with Crippen molar-refractivity contribution < 1.29 is 9.18 Å². The summed E-state index contributed by atoms with van der Waals surface area (Å²) in [6.45, 7) is 4.60. The van der Waals surface area contributed by atoms with E-state index >= 15 is 0 Å². The molecule has 1 aliphatic rings. The van der Waals surface area contributed by atoms with Gasteiger partial charge in [-0.1, -0.05) is 42.2 Å². The van der Waals surface area contributed by atoms with Gasteiger partial charge in [0.1, 0.15) is 21.6 Å². The van der Waals surface area contributed by atoms with Gasteiger partial charge in [-0.15, -0.1) is 0 Å². The Kier molecular flexibility index (Phi) is 5.88. The molecule has 0 saturated carbocycles. The number of pyridine rings is 1. The van der Waals surface area contributed by atoms with E-state index in [2.05, 4.69) is 10.3 Å². The number of carbonyl (C=O) groups excluding carboxylic acids is 1. The van der Waals surface area contributed by atoms with Gasteiger partial charge in [0.15, 0.2) is 0 Å². The van der Waals surface area contributed by atoms with Crippen molar-refractivity contribution in [3.8, 4) is 0 Å². The number of amides is 1. The molecule has 0 aliphatic carbocycles. The van der Waals surface area contributed by atoms with E-state index in [-0.39, 0.29) is 23.8 Å². The molecule has 1 aromatic carbocycles. The number of fused-ring (bicyclic) bond motifs is 1. The maximum absolute atomic E-state index is 13.2. The summed E-state index contributed by atoms with van der Waals surface area (Å²) in [4.78, 5) is 32.6. The standard InChI is InChI=1S/C22H19FN4O2S2/c1-3-24-18-16(20(28)26-10-4-5-13(2)19(26)25-18)11-17-21(29)27(22(30)31-17)12-14-6-8-15(23)9-7-14/h4-11,24H,3,12H2,1-2H3. The number of hydrogen-bond donors (Lipinski definition) is 1. The van der Waals surface area contributed by atoms with Crippen LogP contribution >= 0.6 is 24.0 Å². The number of benzene rings is 1. The van der Waals surface area contributed by atoms with E-state index in [4.69, 9.17) is 12.2 Å². The number of rotatable bonds is 5. The molecule has 1 fully saturated rings. The summed E-state index contributed by atoms with van der Waals surface area (Å²) in [6, 6.07) is 9.58. The Morgan fingerprint density at radius 3 is 2.68 bits per heavy atom. The molecular weight excluding hydrogens is 435 g/mol. The predicted molar refractivity (Wildman–Crippen MR) is 125 cm³/mol. The summed E-state index contributed by atoms with van der Waals surface area (Å²) in [5.74, 6) is -0.217. The minimum absolute atomic E-state index is 0.233. The summed E-state index contributed by atoms with van der Waals surface area (Å²) in [5, 5.41) is 3.12. The maximum Gasteiger partial charge on any atom is 0.267 e. The molecule has 3 aromatic rings. The Bertz CT molecular complexity index is 1290. The SMILES string of the molecule is CCNc1nc2c(C)cccn2c(=O)c1C=C1SC(=S)N(Cc2ccc(F)cc2)C1=O. The van der Waals surface area contributed by atoms with Gasteiger partial charge in [-0.25, -0.2) is 9.37 Å². The minimum atomic E-state index is -0.343. The van der Waals surface area contributed by atoms with Crippen molar-refractivity contribution in [1.29, 1.82) is 0 Å². The van der Waals surface area contributed by atoms with Gasteiger partial charge in [0, 0.05) is 12.7 Å². The van der Waals surface area contributed by atoms with E-state index in [1.54, 1.807) is 30.5 Å². The van der Waals surface area contributed by atoms with E-state index < -0.39 is 0 Å². The Hall–Kier alpha value is -3.04. The summed E-state index contributed by atoms with van der Waals surface area (Å²) in [5.41, 5.74) is 2.22. The van der Waals surface area contributed by atoms with Crippen LogP contribution in [-0.4, -0.2) is 31.1 Å². The Labute approximate surface area is 187 Å². The van der Waals surface area contributed by atoms with Gasteiger partial charge >= 0.3 is 0 Å². The molecule has 0 unspecified atom stereocenters. The largest absolute Gasteiger partial charge is 0.370 e. The zero-order valence-electron chi connectivity index (χ0n) is 16.9. The third-order valence-corrected chi connectivity index (χ3v) is 6.21. The number of nitrogens with zero attached hydrogens (tertiary/aromatic N) is 3. The molecule has 0 radical (unpaired) electrons. The molecular formula is C22H19FN4O2S2. The highest BCUT2D eigenvalue weighted by atomic mass is 32.2. The summed E-state index contributed by atoms with van der Waals surface area (Å²) in [7, 11) is 0. The second-order valence-electron chi connectivity index (χ2n) is 6.99. The Morgan fingerprint density at radius 1 is 1.23 bits per heavy atom. The predicted octanol–water partition coefficient (Wildman–Crippen LogP) is 3.98. The number of hydrogen-bond acceptors (Lipinski definition) is 6. The van der Waals surface area contributed by atoms with Crippen LogP contribution in [0.2, 0.25) is 0 Å². The van der Waals surface area contributed by atoms with Crippen molar-refractivity contribution in [2.45, 2.75) is 20.4 Å². The molecule has 2 aromatic heterocycles. The fraction of sp³-hybridized carbons (Fsp3) is 0.182. The normalized spacial score (nSPS) is 15.3. The lowest BCUT2D eigenvalue weighted by Gasteiger charge is -2.14. The van der Waals surface area contributed by atoms with Crippen LogP contribution in [0.5, 0.6) is 0 Å². The van der Waals surface area contributed by atoms with Gasteiger partial charge in [-0.3, -0.25) is 18.9 Å². The van der Waals surface area contributed by atoms with Crippen molar-refractivity contribution >= 4 is 51.7 Å². The summed E-state index contributed by atoms with van der Waals surface area (Å²) < 4.78 is 15.0. The first-order chi connectivity index (χ1) is 14.9. The highest BCUT2D eigenvalue weighted by Gasteiger charge is 2.32. The topological polar surface area (TPSA) is 66.7 Å². The number of aryl methyl sites for hydroxylation is 1. The number of nitrogens with one attached hydrogen (secondary N) is 1. The molecule has 0 spiro atoms. The zero-order chi connectivity index (χ0) is 22.1. The van der Waals surface area contributed by atoms with E-state index in [1.165, 1.54) is 21.4 Å².